The summed E-state index contributed by atoms with van der Waals surface area (Å²) in [5.41, 5.74) is 1.26. The fourth-order valence-corrected chi connectivity index (χ4v) is 3.32. The molecule has 2 atom stereocenters. The summed E-state index contributed by atoms with van der Waals surface area (Å²) in [6.45, 7) is 7.58. The molecule has 0 bridgehead atoms. The van der Waals surface area contributed by atoms with E-state index in [0.717, 1.165) is 30.9 Å². The van der Waals surface area contributed by atoms with E-state index in [-0.39, 0.29) is 0 Å². The summed E-state index contributed by atoms with van der Waals surface area (Å²) < 4.78 is 5.84. The van der Waals surface area contributed by atoms with Crippen molar-refractivity contribution in [3.05, 3.63) is 29.8 Å². The van der Waals surface area contributed by atoms with Gasteiger partial charge in [0.05, 0.1) is 0 Å². The van der Waals surface area contributed by atoms with Gasteiger partial charge in [-0.1, -0.05) is 12.1 Å². The third-order valence-corrected chi connectivity index (χ3v) is 4.34. The van der Waals surface area contributed by atoms with E-state index in [1.54, 1.807) is 0 Å². The van der Waals surface area contributed by atoms with Gasteiger partial charge in [-0.05, 0) is 49.9 Å². The minimum atomic E-state index is 0.729. The summed E-state index contributed by atoms with van der Waals surface area (Å²) >= 11 is 0. The molecule has 3 heteroatoms. The predicted octanol–water partition coefficient (Wildman–Crippen LogP) is 2.06. The van der Waals surface area contributed by atoms with Gasteiger partial charge in [0.25, 0.3) is 0 Å². The van der Waals surface area contributed by atoms with Crippen molar-refractivity contribution in [3.63, 3.8) is 0 Å². The lowest BCUT2D eigenvalue weighted by Crippen LogP contribution is -2.40. The molecule has 0 saturated carbocycles. The van der Waals surface area contributed by atoms with Crippen molar-refractivity contribution in [2.45, 2.75) is 25.8 Å². The second-order valence-corrected chi connectivity index (χ2v) is 5.89. The Morgan fingerprint density at radius 1 is 1.37 bits per heavy atom. The molecular formula is C16H24N2O. The Morgan fingerprint density at radius 2 is 2.32 bits per heavy atom. The molecule has 3 rings (SSSR count). The number of benzene rings is 1. The third-order valence-electron chi connectivity index (χ3n) is 4.34. The second-order valence-electron chi connectivity index (χ2n) is 5.89. The molecule has 1 N–H and O–H groups in total. The molecule has 2 unspecified atom stereocenters. The van der Waals surface area contributed by atoms with Crippen LogP contribution in [0.1, 0.15) is 18.4 Å². The Balaban J connectivity index is 1.43. The largest absolute Gasteiger partial charge is 0.492 e. The van der Waals surface area contributed by atoms with Crippen molar-refractivity contribution in [1.82, 2.24) is 10.2 Å². The normalized spacial score (nSPS) is 27.2. The standard InChI is InChI=1S/C16H24N2O/c1-13-4-2-6-15(10-13)19-9-8-18-11-14-5-3-7-17-16(14)12-18/h2,4,6,10,14,16-17H,3,5,7-9,11-12H2,1H3. The number of nitrogens with one attached hydrogen (secondary N) is 1. The lowest BCUT2D eigenvalue weighted by Gasteiger charge is -2.24. The highest BCUT2D eigenvalue weighted by Gasteiger charge is 2.33. The van der Waals surface area contributed by atoms with Gasteiger partial charge in [-0.2, -0.15) is 0 Å². The molecule has 0 aliphatic carbocycles. The first-order valence-electron chi connectivity index (χ1n) is 7.46. The molecule has 2 heterocycles. The maximum absolute atomic E-state index is 5.84. The number of hydrogen-bond acceptors (Lipinski definition) is 3. The van der Waals surface area contributed by atoms with Crippen molar-refractivity contribution in [1.29, 1.82) is 0 Å². The molecule has 2 fully saturated rings. The first-order chi connectivity index (χ1) is 9.31. The third kappa shape index (κ3) is 3.28. The van der Waals surface area contributed by atoms with Crippen LogP contribution in [-0.4, -0.2) is 43.7 Å². The second kappa shape index (κ2) is 5.93. The summed E-state index contributed by atoms with van der Waals surface area (Å²) in [5.74, 6) is 1.86. The molecule has 0 radical (unpaired) electrons. The monoisotopic (exact) mass is 260 g/mol. The van der Waals surface area contributed by atoms with Crippen LogP contribution in [0.3, 0.4) is 0 Å². The Labute approximate surface area is 115 Å². The van der Waals surface area contributed by atoms with E-state index in [1.807, 2.05) is 6.07 Å². The van der Waals surface area contributed by atoms with E-state index in [1.165, 1.54) is 38.0 Å². The van der Waals surface area contributed by atoms with Gasteiger partial charge in [0, 0.05) is 25.7 Å². The molecule has 0 spiro atoms. The first-order valence-corrected chi connectivity index (χ1v) is 7.46. The van der Waals surface area contributed by atoms with Gasteiger partial charge in [0.1, 0.15) is 12.4 Å². The molecular weight excluding hydrogens is 236 g/mol. The molecule has 2 saturated heterocycles. The van der Waals surface area contributed by atoms with Gasteiger partial charge in [0.2, 0.25) is 0 Å². The zero-order valence-corrected chi connectivity index (χ0v) is 11.8. The molecule has 1 aromatic carbocycles. The molecule has 2 aliphatic heterocycles. The number of likely N-dealkylation sites (tertiary alicyclic amines) is 1. The van der Waals surface area contributed by atoms with E-state index < -0.39 is 0 Å². The van der Waals surface area contributed by atoms with Crippen LogP contribution in [0.25, 0.3) is 0 Å². The van der Waals surface area contributed by atoms with Crippen LogP contribution >= 0.6 is 0 Å². The van der Waals surface area contributed by atoms with Gasteiger partial charge in [-0.3, -0.25) is 4.90 Å². The molecule has 3 nitrogen and oxygen atoms in total. The Morgan fingerprint density at radius 3 is 3.16 bits per heavy atom. The predicted molar refractivity (Wildman–Crippen MR) is 77.6 cm³/mol. The summed E-state index contributed by atoms with van der Waals surface area (Å²) in [7, 11) is 0. The van der Waals surface area contributed by atoms with Crippen molar-refractivity contribution in [2.24, 2.45) is 5.92 Å². The molecule has 2 aliphatic rings. The van der Waals surface area contributed by atoms with Crippen LogP contribution in [0.4, 0.5) is 0 Å². The van der Waals surface area contributed by atoms with Gasteiger partial charge in [0.15, 0.2) is 0 Å². The van der Waals surface area contributed by atoms with Crippen molar-refractivity contribution in [3.8, 4) is 5.75 Å². The first kappa shape index (κ1) is 12.9. The molecule has 104 valence electrons. The number of hydrogen-bond donors (Lipinski definition) is 1. The Bertz CT molecular complexity index is 407. The van der Waals surface area contributed by atoms with Crippen LogP contribution in [0.15, 0.2) is 24.3 Å². The highest BCUT2D eigenvalue weighted by Crippen LogP contribution is 2.24. The number of fused-ring (bicyclic) bond motifs is 1. The van der Waals surface area contributed by atoms with Gasteiger partial charge in [-0.15, -0.1) is 0 Å². The highest BCUT2D eigenvalue weighted by molar-refractivity contribution is 5.27. The van der Waals surface area contributed by atoms with E-state index in [4.69, 9.17) is 4.74 Å². The highest BCUT2D eigenvalue weighted by atomic mass is 16.5. The van der Waals surface area contributed by atoms with Crippen LogP contribution in [-0.2, 0) is 0 Å². The van der Waals surface area contributed by atoms with Gasteiger partial charge in [-0.25, -0.2) is 0 Å². The minimum absolute atomic E-state index is 0.729. The quantitative estimate of drug-likeness (QED) is 0.897. The topological polar surface area (TPSA) is 24.5 Å². The summed E-state index contributed by atoms with van der Waals surface area (Å²) in [4.78, 5) is 2.55. The maximum Gasteiger partial charge on any atom is 0.119 e. The van der Waals surface area contributed by atoms with Crippen LogP contribution in [0.2, 0.25) is 0 Å². The van der Waals surface area contributed by atoms with E-state index >= 15 is 0 Å². The Hall–Kier alpha value is -1.06. The van der Waals surface area contributed by atoms with E-state index in [9.17, 15) is 0 Å². The summed E-state index contributed by atoms with van der Waals surface area (Å²) in [5, 5.41) is 3.64. The number of rotatable bonds is 4. The fourth-order valence-electron chi connectivity index (χ4n) is 3.32. The van der Waals surface area contributed by atoms with Crippen LogP contribution in [0.5, 0.6) is 5.75 Å². The molecule has 0 amide bonds. The smallest absolute Gasteiger partial charge is 0.119 e. The number of ether oxygens (including phenoxy) is 1. The maximum atomic E-state index is 5.84. The zero-order valence-electron chi connectivity index (χ0n) is 11.8. The summed E-state index contributed by atoms with van der Waals surface area (Å²) in [6.07, 6.45) is 2.74. The lowest BCUT2D eigenvalue weighted by molar-refractivity contribution is 0.232. The molecule has 0 aromatic heterocycles. The molecule has 19 heavy (non-hydrogen) atoms. The molecule has 1 aromatic rings. The fraction of sp³-hybridized carbons (Fsp3) is 0.625. The van der Waals surface area contributed by atoms with Crippen molar-refractivity contribution >= 4 is 0 Å². The lowest BCUT2D eigenvalue weighted by atomic mass is 9.94. The van der Waals surface area contributed by atoms with Crippen LogP contribution in [0, 0.1) is 12.8 Å². The van der Waals surface area contributed by atoms with Crippen molar-refractivity contribution in [2.75, 3.05) is 32.8 Å². The number of nitrogens with zero attached hydrogens (tertiary/aromatic N) is 1. The average molecular weight is 260 g/mol. The Kier molecular flexibility index (Phi) is 4.04. The zero-order chi connectivity index (χ0) is 13.1. The number of piperidine rings is 1. The summed E-state index contributed by atoms with van der Waals surface area (Å²) in [6, 6.07) is 9.03. The van der Waals surface area contributed by atoms with Crippen molar-refractivity contribution < 1.29 is 4.74 Å². The van der Waals surface area contributed by atoms with E-state index in [2.05, 4.69) is 35.3 Å². The SMILES string of the molecule is Cc1cccc(OCCN2CC3CCCNC3C2)c1. The van der Waals surface area contributed by atoms with Gasteiger partial charge < -0.3 is 10.1 Å². The van der Waals surface area contributed by atoms with Gasteiger partial charge >= 0.3 is 0 Å². The van der Waals surface area contributed by atoms with E-state index in [0.29, 0.717) is 0 Å². The average Bonchev–Trinajstić information content (AvgIpc) is 2.81. The minimum Gasteiger partial charge on any atom is -0.492 e. The number of aryl methyl sites for hydroxylation is 1. The van der Waals surface area contributed by atoms with Crippen LogP contribution < -0.4 is 10.1 Å².